The normalized spacial score (nSPS) is 17.6. The van der Waals surface area contributed by atoms with E-state index >= 15 is 0 Å². The Labute approximate surface area is 204 Å². The van der Waals surface area contributed by atoms with E-state index in [1.165, 1.54) is 0 Å². The molecule has 2 aliphatic heterocycles. The predicted octanol–water partition coefficient (Wildman–Crippen LogP) is 5.01. The van der Waals surface area contributed by atoms with Gasteiger partial charge < -0.3 is 24.3 Å². The van der Waals surface area contributed by atoms with Gasteiger partial charge in [-0.25, -0.2) is 9.78 Å². The van der Waals surface area contributed by atoms with Gasteiger partial charge in [-0.2, -0.15) is 0 Å². The zero-order valence-corrected chi connectivity index (χ0v) is 20.3. The number of fused-ring (bicyclic) bond motifs is 2. The van der Waals surface area contributed by atoms with Crippen LogP contribution in [0.25, 0.3) is 16.7 Å². The highest BCUT2D eigenvalue weighted by molar-refractivity contribution is 5.97. The van der Waals surface area contributed by atoms with E-state index in [4.69, 9.17) is 9.15 Å². The second kappa shape index (κ2) is 9.44. The van der Waals surface area contributed by atoms with Gasteiger partial charge in [0.25, 0.3) is 5.91 Å². The van der Waals surface area contributed by atoms with Crippen LogP contribution in [-0.2, 0) is 4.74 Å². The number of amides is 2. The quantitative estimate of drug-likeness (QED) is 0.572. The van der Waals surface area contributed by atoms with Crippen LogP contribution >= 0.6 is 0 Å². The summed E-state index contributed by atoms with van der Waals surface area (Å²) in [5, 5.41) is 3.58. The number of allylic oxidation sites excluding steroid dienone is 1. The van der Waals surface area contributed by atoms with Crippen LogP contribution < -0.4 is 5.32 Å². The smallest absolute Gasteiger partial charge is 0.409 e. The van der Waals surface area contributed by atoms with Gasteiger partial charge in [-0.05, 0) is 48.7 Å². The zero-order valence-electron chi connectivity index (χ0n) is 20.3. The number of aryl methyl sites for hydroxylation is 1. The average molecular weight is 475 g/mol. The van der Waals surface area contributed by atoms with Crippen molar-refractivity contribution in [3.63, 3.8) is 0 Å². The highest BCUT2D eigenvalue weighted by Crippen LogP contribution is 2.36. The molecule has 182 valence electrons. The van der Waals surface area contributed by atoms with Crippen molar-refractivity contribution in [2.24, 2.45) is 0 Å². The Morgan fingerprint density at radius 1 is 1.09 bits per heavy atom. The molecule has 0 aliphatic carbocycles. The third kappa shape index (κ3) is 4.60. The molecular formula is C27H30N4O4. The van der Waals surface area contributed by atoms with Crippen LogP contribution in [0.15, 0.2) is 46.9 Å². The van der Waals surface area contributed by atoms with Gasteiger partial charge >= 0.3 is 6.09 Å². The van der Waals surface area contributed by atoms with Crippen LogP contribution in [-0.4, -0.2) is 59.6 Å². The van der Waals surface area contributed by atoms with E-state index < -0.39 is 0 Å². The Morgan fingerprint density at radius 2 is 1.86 bits per heavy atom. The van der Waals surface area contributed by atoms with Crippen molar-refractivity contribution in [2.45, 2.75) is 33.2 Å². The number of hydrogen-bond acceptors (Lipinski definition) is 6. The molecule has 2 aromatic carbocycles. The summed E-state index contributed by atoms with van der Waals surface area (Å²) in [6.07, 6.45) is 2.68. The van der Waals surface area contributed by atoms with Crippen molar-refractivity contribution >= 4 is 34.4 Å². The van der Waals surface area contributed by atoms with Crippen molar-refractivity contribution in [3.8, 4) is 0 Å². The van der Waals surface area contributed by atoms with Gasteiger partial charge in [-0.3, -0.25) is 4.79 Å². The number of nitrogens with one attached hydrogen (secondary N) is 1. The number of carbonyl (C=O) groups is 2. The Hall–Kier alpha value is -3.81. The first-order valence-corrected chi connectivity index (χ1v) is 12.1. The van der Waals surface area contributed by atoms with Crippen LogP contribution in [0.4, 0.5) is 10.5 Å². The molecule has 2 aliphatic rings. The monoisotopic (exact) mass is 474 g/mol. The molecule has 0 radical (unpaired) electrons. The second-order valence-corrected chi connectivity index (χ2v) is 9.09. The maximum atomic E-state index is 13.2. The van der Waals surface area contributed by atoms with Crippen LogP contribution in [0.3, 0.4) is 0 Å². The van der Waals surface area contributed by atoms with Crippen LogP contribution in [0.5, 0.6) is 0 Å². The second-order valence-electron chi connectivity index (χ2n) is 9.09. The highest BCUT2D eigenvalue weighted by Gasteiger charge is 2.27. The number of nitrogens with zero attached hydrogens (tertiary/aromatic N) is 3. The number of ether oxygens (including phenoxy) is 1. The molecule has 1 unspecified atom stereocenters. The number of aromatic nitrogens is 1. The average Bonchev–Trinajstić information content (AvgIpc) is 3.25. The van der Waals surface area contributed by atoms with Crippen molar-refractivity contribution in [2.75, 3.05) is 38.1 Å². The van der Waals surface area contributed by atoms with Gasteiger partial charge in [-0.1, -0.05) is 25.1 Å². The Kier molecular flexibility index (Phi) is 6.19. The van der Waals surface area contributed by atoms with Gasteiger partial charge in [-0.15, -0.1) is 0 Å². The van der Waals surface area contributed by atoms with Crippen LogP contribution in [0, 0.1) is 6.92 Å². The minimum atomic E-state index is -0.302. The third-order valence-electron chi connectivity index (χ3n) is 6.55. The number of carbonyl (C=O) groups excluding carboxylic acids is 2. The molecule has 1 aromatic heterocycles. The number of hydrogen-bond donors (Lipinski definition) is 1. The predicted molar refractivity (Wildman–Crippen MR) is 134 cm³/mol. The van der Waals surface area contributed by atoms with E-state index in [1.807, 2.05) is 44.2 Å². The lowest BCUT2D eigenvalue weighted by molar-refractivity contribution is 0.0560. The summed E-state index contributed by atoms with van der Waals surface area (Å²) in [7, 11) is 0. The van der Waals surface area contributed by atoms with Gasteiger partial charge in [0, 0.05) is 49.9 Å². The summed E-state index contributed by atoms with van der Waals surface area (Å²) < 4.78 is 10.9. The first-order valence-electron chi connectivity index (χ1n) is 12.1. The summed E-state index contributed by atoms with van der Waals surface area (Å²) in [5.74, 6) is 0.617. The van der Waals surface area contributed by atoms with E-state index in [1.54, 1.807) is 9.80 Å². The first kappa shape index (κ1) is 23.0. The van der Waals surface area contributed by atoms with Crippen molar-refractivity contribution < 1.29 is 18.7 Å². The molecule has 1 N–H and O–H groups in total. The molecule has 5 rings (SSSR count). The van der Waals surface area contributed by atoms with Crippen molar-refractivity contribution in [3.05, 3.63) is 65.1 Å². The molecule has 3 heterocycles. The number of benzene rings is 2. The van der Waals surface area contributed by atoms with Crippen LogP contribution in [0.2, 0.25) is 0 Å². The third-order valence-corrected chi connectivity index (χ3v) is 6.55. The van der Waals surface area contributed by atoms with Crippen molar-refractivity contribution in [1.82, 2.24) is 14.8 Å². The molecule has 0 bridgehead atoms. The van der Waals surface area contributed by atoms with E-state index in [2.05, 4.69) is 29.4 Å². The molecule has 2 amide bonds. The topological polar surface area (TPSA) is 87.9 Å². The Bertz CT molecular complexity index is 1300. The van der Waals surface area contributed by atoms with Gasteiger partial charge in [0.15, 0.2) is 11.5 Å². The summed E-state index contributed by atoms with van der Waals surface area (Å²) in [6, 6.07) is 11.8. The van der Waals surface area contributed by atoms with Crippen molar-refractivity contribution in [1.29, 1.82) is 0 Å². The molecule has 1 fully saturated rings. The Balaban J connectivity index is 1.30. The Morgan fingerprint density at radius 3 is 2.63 bits per heavy atom. The van der Waals surface area contributed by atoms with Crippen LogP contribution in [0.1, 0.15) is 53.7 Å². The number of anilines is 1. The summed E-state index contributed by atoms with van der Waals surface area (Å²) in [5.41, 5.74) is 6.47. The lowest BCUT2D eigenvalue weighted by Gasteiger charge is -2.34. The molecule has 8 heteroatoms. The minimum absolute atomic E-state index is 0.0292. The molecule has 3 aromatic rings. The molecule has 8 nitrogen and oxygen atoms in total. The van der Waals surface area contributed by atoms with Gasteiger partial charge in [0.2, 0.25) is 0 Å². The van der Waals surface area contributed by atoms with Gasteiger partial charge in [0.1, 0.15) is 5.52 Å². The minimum Gasteiger partial charge on any atom is -0.449 e. The zero-order chi connectivity index (χ0) is 24.5. The summed E-state index contributed by atoms with van der Waals surface area (Å²) in [4.78, 5) is 33.2. The lowest BCUT2D eigenvalue weighted by Crippen LogP contribution is -2.50. The molecule has 0 saturated carbocycles. The fourth-order valence-corrected chi connectivity index (χ4v) is 4.67. The van der Waals surface area contributed by atoms with E-state index in [-0.39, 0.29) is 18.0 Å². The van der Waals surface area contributed by atoms with E-state index in [9.17, 15) is 9.59 Å². The summed E-state index contributed by atoms with van der Waals surface area (Å²) >= 11 is 0. The SMILES string of the molecule is CCCOC(=O)N1CCN(C(=O)c2ccc3c(c2)NC(c2ccc4nc(C)oc4c2)C=C3C)CC1. The number of rotatable bonds is 4. The fourth-order valence-electron chi connectivity index (χ4n) is 4.67. The molecule has 1 saturated heterocycles. The standard InChI is InChI=1S/C27H30N4O4/c1-4-13-34-27(33)31-11-9-30(10-12-31)26(32)20-5-7-21-17(2)14-23(29-24(21)15-20)19-6-8-22-25(16-19)35-18(3)28-22/h5-8,14-16,23,29H,4,9-13H2,1-3H3. The largest absolute Gasteiger partial charge is 0.449 e. The fraction of sp³-hybridized carbons (Fsp3) is 0.370. The van der Waals surface area contributed by atoms with Gasteiger partial charge in [0.05, 0.1) is 12.6 Å². The molecule has 35 heavy (non-hydrogen) atoms. The summed E-state index contributed by atoms with van der Waals surface area (Å²) in [6.45, 7) is 8.24. The van der Waals surface area contributed by atoms with E-state index in [0.717, 1.165) is 39.9 Å². The number of piperazine rings is 1. The number of oxazole rings is 1. The molecule has 0 spiro atoms. The highest BCUT2D eigenvalue weighted by atomic mass is 16.6. The maximum Gasteiger partial charge on any atom is 0.409 e. The lowest BCUT2D eigenvalue weighted by atomic mass is 9.93. The van der Waals surface area contributed by atoms with E-state index in [0.29, 0.717) is 44.2 Å². The molecule has 1 atom stereocenters. The maximum absolute atomic E-state index is 13.2. The molecular weight excluding hydrogens is 444 g/mol. The first-order chi connectivity index (χ1) is 16.9.